The van der Waals surface area contributed by atoms with Crippen molar-refractivity contribution in [3.8, 4) is 0 Å². The summed E-state index contributed by atoms with van der Waals surface area (Å²) in [7, 11) is 0. The van der Waals surface area contributed by atoms with Gasteiger partial charge in [-0.15, -0.1) is 0 Å². The average Bonchev–Trinajstić information content (AvgIpc) is 2.97. The van der Waals surface area contributed by atoms with Crippen LogP contribution in [0.5, 0.6) is 0 Å². The Balaban J connectivity index is 1.64. The Kier molecular flexibility index (Phi) is 4.22. The summed E-state index contributed by atoms with van der Waals surface area (Å²) in [6.45, 7) is 7.55. The Labute approximate surface area is 141 Å². The predicted molar refractivity (Wildman–Crippen MR) is 92.0 cm³/mol. The number of piperazine rings is 1. The molecule has 2 heterocycles. The average molecular weight is 329 g/mol. The van der Waals surface area contributed by atoms with Gasteiger partial charge in [0.15, 0.2) is 0 Å². The first-order chi connectivity index (χ1) is 11.3. The lowest BCUT2D eigenvalue weighted by atomic mass is 10.1. The quantitative estimate of drug-likeness (QED) is 0.875. The molecule has 1 aromatic heterocycles. The molecule has 0 atom stereocenters. The number of rotatable bonds is 1. The number of ether oxygens (including phenoxy) is 1. The van der Waals surface area contributed by atoms with E-state index < -0.39 is 5.60 Å². The van der Waals surface area contributed by atoms with E-state index in [4.69, 9.17) is 4.74 Å². The maximum Gasteiger partial charge on any atom is 0.410 e. The van der Waals surface area contributed by atoms with Crippen molar-refractivity contribution >= 4 is 22.9 Å². The van der Waals surface area contributed by atoms with Gasteiger partial charge in [-0.1, -0.05) is 18.2 Å². The molecule has 2 aromatic rings. The fraction of sp³-hybridized carbons (Fsp3) is 0.444. The topological polar surface area (TPSA) is 65.6 Å². The molecule has 0 bridgehead atoms. The van der Waals surface area contributed by atoms with Crippen LogP contribution in [0.4, 0.5) is 4.79 Å². The summed E-state index contributed by atoms with van der Waals surface area (Å²) in [5.41, 5.74) is 1.12. The molecule has 0 saturated carbocycles. The standard InChI is InChI=1S/C18H23N3O3/c1-18(2,3)24-17(23)21-10-8-20(9-11-21)16(22)14-12-19-15-7-5-4-6-13(14)15/h4-7,12,19H,8-11H2,1-3H3. The smallest absolute Gasteiger partial charge is 0.410 e. The minimum Gasteiger partial charge on any atom is -0.444 e. The number of hydrogen-bond donors (Lipinski definition) is 1. The number of aromatic nitrogens is 1. The van der Waals surface area contributed by atoms with Crippen molar-refractivity contribution in [2.75, 3.05) is 26.2 Å². The summed E-state index contributed by atoms with van der Waals surface area (Å²) >= 11 is 0. The molecule has 1 N–H and O–H groups in total. The summed E-state index contributed by atoms with van der Waals surface area (Å²) in [5, 5.41) is 0.928. The van der Waals surface area contributed by atoms with Crippen LogP contribution >= 0.6 is 0 Å². The van der Waals surface area contributed by atoms with E-state index in [1.165, 1.54) is 0 Å². The molecule has 3 rings (SSSR count). The molecule has 0 unspecified atom stereocenters. The van der Waals surface area contributed by atoms with E-state index in [0.29, 0.717) is 31.7 Å². The minimum absolute atomic E-state index is 0.00344. The third-order valence-corrected chi connectivity index (χ3v) is 4.04. The van der Waals surface area contributed by atoms with E-state index in [9.17, 15) is 9.59 Å². The maximum atomic E-state index is 12.8. The van der Waals surface area contributed by atoms with Gasteiger partial charge in [-0.05, 0) is 26.8 Å². The van der Waals surface area contributed by atoms with Gasteiger partial charge in [0.1, 0.15) is 5.60 Å². The van der Waals surface area contributed by atoms with E-state index in [1.807, 2.05) is 45.0 Å². The molecule has 0 radical (unpaired) electrons. The van der Waals surface area contributed by atoms with Gasteiger partial charge in [0.05, 0.1) is 5.56 Å². The SMILES string of the molecule is CC(C)(C)OC(=O)N1CCN(C(=O)c2c[nH]c3ccccc23)CC1. The van der Waals surface area contributed by atoms with Crippen LogP contribution in [0.15, 0.2) is 30.5 Å². The Morgan fingerprint density at radius 3 is 2.33 bits per heavy atom. The van der Waals surface area contributed by atoms with Gasteiger partial charge in [0.2, 0.25) is 0 Å². The van der Waals surface area contributed by atoms with Gasteiger partial charge < -0.3 is 19.5 Å². The fourth-order valence-electron chi connectivity index (χ4n) is 2.84. The van der Waals surface area contributed by atoms with Crippen molar-refractivity contribution in [2.45, 2.75) is 26.4 Å². The summed E-state index contributed by atoms with van der Waals surface area (Å²) in [6, 6.07) is 7.75. The second-order valence-corrected chi connectivity index (χ2v) is 7.01. The highest BCUT2D eigenvalue weighted by Crippen LogP contribution is 2.20. The van der Waals surface area contributed by atoms with Crippen LogP contribution in [-0.2, 0) is 4.74 Å². The van der Waals surface area contributed by atoms with Crippen LogP contribution in [0, 0.1) is 0 Å². The van der Waals surface area contributed by atoms with Crippen LogP contribution in [0.25, 0.3) is 10.9 Å². The van der Waals surface area contributed by atoms with Gasteiger partial charge in [0, 0.05) is 43.3 Å². The number of benzene rings is 1. The van der Waals surface area contributed by atoms with Crippen LogP contribution in [0.1, 0.15) is 31.1 Å². The number of carbonyl (C=O) groups excluding carboxylic acids is 2. The first kappa shape index (κ1) is 16.4. The van der Waals surface area contributed by atoms with Crippen molar-refractivity contribution in [3.05, 3.63) is 36.0 Å². The molecule has 0 spiro atoms. The van der Waals surface area contributed by atoms with Gasteiger partial charge in [-0.3, -0.25) is 4.79 Å². The number of hydrogen-bond acceptors (Lipinski definition) is 3. The van der Waals surface area contributed by atoms with Crippen molar-refractivity contribution in [2.24, 2.45) is 0 Å². The number of nitrogens with zero attached hydrogens (tertiary/aromatic N) is 2. The molecule has 24 heavy (non-hydrogen) atoms. The number of carbonyl (C=O) groups is 2. The van der Waals surface area contributed by atoms with Crippen LogP contribution in [0.3, 0.4) is 0 Å². The van der Waals surface area contributed by atoms with Crippen molar-refractivity contribution in [1.82, 2.24) is 14.8 Å². The lowest BCUT2D eigenvalue weighted by Gasteiger charge is -2.35. The highest BCUT2D eigenvalue weighted by Gasteiger charge is 2.28. The predicted octanol–water partition coefficient (Wildman–Crippen LogP) is 2.86. The van der Waals surface area contributed by atoms with Gasteiger partial charge >= 0.3 is 6.09 Å². The Bertz CT molecular complexity index is 752. The van der Waals surface area contributed by atoms with Crippen LogP contribution in [0.2, 0.25) is 0 Å². The van der Waals surface area contributed by atoms with Gasteiger partial charge in [0.25, 0.3) is 5.91 Å². The lowest BCUT2D eigenvalue weighted by molar-refractivity contribution is 0.0141. The Morgan fingerprint density at radius 1 is 1.04 bits per heavy atom. The maximum absolute atomic E-state index is 12.8. The van der Waals surface area contributed by atoms with Gasteiger partial charge in [-0.2, -0.15) is 0 Å². The zero-order valence-electron chi connectivity index (χ0n) is 14.3. The summed E-state index contributed by atoms with van der Waals surface area (Å²) in [5.74, 6) is -0.00344. The second kappa shape index (κ2) is 6.19. The van der Waals surface area contributed by atoms with Crippen molar-refractivity contribution < 1.29 is 14.3 Å². The number of aromatic amines is 1. The van der Waals surface area contributed by atoms with E-state index in [-0.39, 0.29) is 12.0 Å². The highest BCUT2D eigenvalue weighted by atomic mass is 16.6. The number of H-pyrrole nitrogens is 1. The molecular formula is C18H23N3O3. The molecule has 0 aliphatic carbocycles. The minimum atomic E-state index is -0.506. The molecule has 128 valence electrons. The number of para-hydroxylation sites is 1. The molecule has 1 aromatic carbocycles. The highest BCUT2D eigenvalue weighted by molar-refractivity contribution is 6.06. The number of nitrogens with one attached hydrogen (secondary N) is 1. The molecule has 1 aliphatic heterocycles. The first-order valence-corrected chi connectivity index (χ1v) is 8.18. The molecule has 1 saturated heterocycles. The van der Waals surface area contributed by atoms with Gasteiger partial charge in [-0.25, -0.2) is 4.79 Å². The van der Waals surface area contributed by atoms with E-state index >= 15 is 0 Å². The van der Waals surface area contributed by atoms with Crippen LogP contribution < -0.4 is 0 Å². The second-order valence-electron chi connectivity index (χ2n) is 7.01. The third kappa shape index (κ3) is 3.37. The zero-order chi connectivity index (χ0) is 17.3. The van der Waals surface area contributed by atoms with Crippen molar-refractivity contribution in [1.29, 1.82) is 0 Å². The molecular weight excluding hydrogens is 306 g/mol. The zero-order valence-corrected chi connectivity index (χ0v) is 14.3. The summed E-state index contributed by atoms with van der Waals surface area (Å²) in [4.78, 5) is 31.4. The van der Waals surface area contributed by atoms with Crippen LogP contribution in [-0.4, -0.2) is 58.6 Å². The Hall–Kier alpha value is -2.50. The first-order valence-electron chi connectivity index (χ1n) is 8.18. The summed E-state index contributed by atoms with van der Waals surface area (Å²) in [6.07, 6.45) is 1.44. The van der Waals surface area contributed by atoms with E-state index in [0.717, 1.165) is 10.9 Å². The summed E-state index contributed by atoms with van der Waals surface area (Å²) < 4.78 is 5.38. The fourth-order valence-corrected chi connectivity index (χ4v) is 2.84. The molecule has 1 fully saturated rings. The van der Waals surface area contributed by atoms with E-state index in [2.05, 4.69) is 4.98 Å². The normalized spacial score (nSPS) is 15.6. The lowest BCUT2D eigenvalue weighted by Crippen LogP contribution is -2.51. The Morgan fingerprint density at radius 2 is 1.67 bits per heavy atom. The molecule has 6 nitrogen and oxygen atoms in total. The molecule has 2 amide bonds. The van der Waals surface area contributed by atoms with Crippen molar-refractivity contribution in [3.63, 3.8) is 0 Å². The van der Waals surface area contributed by atoms with E-state index in [1.54, 1.807) is 16.0 Å². The molecule has 6 heteroatoms. The monoisotopic (exact) mass is 329 g/mol. The molecule has 1 aliphatic rings. The number of amides is 2. The largest absolute Gasteiger partial charge is 0.444 e. The third-order valence-electron chi connectivity index (χ3n) is 4.04. The number of fused-ring (bicyclic) bond motifs is 1.